The van der Waals surface area contributed by atoms with Gasteiger partial charge in [-0.1, -0.05) is 12.1 Å². The summed E-state index contributed by atoms with van der Waals surface area (Å²) in [5.74, 6) is 1.81. The Morgan fingerprint density at radius 2 is 1.95 bits per heavy atom. The summed E-state index contributed by atoms with van der Waals surface area (Å²) in [5.41, 5.74) is 6.60. The van der Waals surface area contributed by atoms with E-state index < -0.39 is 0 Å². The fraction of sp³-hybridized carbons (Fsp3) is 0.625. The van der Waals surface area contributed by atoms with Crippen molar-refractivity contribution in [3.63, 3.8) is 0 Å². The van der Waals surface area contributed by atoms with Crippen LogP contribution in [0.2, 0.25) is 0 Å². The van der Waals surface area contributed by atoms with Crippen molar-refractivity contribution in [1.29, 1.82) is 0 Å². The largest absolute Gasteiger partial charge is 0.491 e. The van der Waals surface area contributed by atoms with Gasteiger partial charge in [0.1, 0.15) is 5.75 Å². The standard InChI is InChI=1S/C16H24N2O/c17-15-4-1-2-5-16(15)19-11-3-10-18(14-8-9-14)12-13-6-7-13/h1-2,4-5,13-14H,3,6-12,17H2. The summed E-state index contributed by atoms with van der Waals surface area (Å²) in [6.45, 7) is 3.26. The molecule has 3 rings (SSSR count). The predicted molar refractivity (Wildman–Crippen MR) is 78.3 cm³/mol. The minimum Gasteiger partial charge on any atom is -0.491 e. The van der Waals surface area contributed by atoms with E-state index in [-0.39, 0.29) is 0 Å². The Morgan fingerprint density at radius 3 is 2.63 bits per heavy atom. The van der Waals surface area contributed by atoms with Crippen LogP contribution in [-0.2, 0) is 0 Å². The number of benzene rings is 1. The van der Waals surface area contributed by atoms with Crippen LogP contribution in [0.25, 0.3) is 0 Å². The van der Waals surface area contributed by atoms with Crippen molar-refractivity contribution >= 4 is 5.69 Å². The van der Waals surface area contributed by atoms with Crippen LogP contribution in [0.15, 0.2) is 24.3 Å². The monoisotopic (exact) mass is 260 g/mol. The summed E-state index contributed by atoms with van der Waals surface area (Å²) in [4.78, 5) is 2.68. The number of nitrogens with zero attached hydrogens (tertiary/aromatic N) is 1. The van der Waals surface area contributed by atoms with E-state index in [4.69, 9.17) is 10.5 Å². The van der Waals surface area contributed by atoms with Gasteiger partial charge < -0.3 is 10.5 Å². The summed E-state index contributed by atoms with van der Waals surface area (Å²) >= 11 is 0. The lowest BCUT2D eigenvalue weighted by atomic mass is 10.3. The third kappa shape index (κ3) is 3.87. The predicted octanol–water partition coefficient (Wildman–Crippen LogP) is 2.91. The minimum absolute atomic E-state index is 0.736. The average Bonchev–Trinajstić information content (AvgIpc) is 3.27. The van der Waals surface area contributed by atoms with Gasteiger partial charge >= 0.3 is 0 Å². The van der Waals surface area contributed by atoms with Crippen molar-refractivity contribution in [1.82, 2.24) is 4.90 Å². The highest BCUT2D eigenvalue weighted by Gasteiger charge is 2.33. The third-order valence-electron chi connectivity index (χ3n) is 4.02. The van der Waals surface area contributed by atoms with Crippen LogP contribution in [0.5, 0.6) is 5.75 Å². The molecule has 0 atom stereocenters. The molecule has 0 unspecified atom stereocenters. The number of anilines is 1. The highest BCUT2D eigenvalue weighted by molar-refractivity contribution is 5.51. The number of nitrogen functional groups attached to an aromatic ring is 1. The molecule has 104 valence electrons. The van der Waals surface area contributed by atoms with Crippen LogP contribution < -0.4 is 10.5 Å². The summed E-state index contributed by atoms with van der Waals surface area (Å²) < 4.78 is 5.76. The van der Waals surface area contributed by atoms with Gasteiger partial charge in [0, 0.05) is 19.1 Å². The van der Waals surface area contributed by atoms with E-state index in [0.717, 1.165) is 36.4 Å². The molecule has 2 N–H and O–H groups in total. The first-order valence-electron chi connectivity index (χ1n) is 7.54. The number of ether oxygens (including phenoxy) is 1. The first-order chi connectivity index (χ1) is 9.33. The maximum atomic E-state index is 5.86. The molecule has 3 heteroatoms. The minimum atomic E-state index is 0.736. The zero-order valence-corrected chi connectivity index (χ0v) is 11.6. The second kappa shape index (κ2) is 5.83. The molecule has 0 spiro atoms. The fourth-order valence-electron chi connectivity index (χ4n) is 2.56. The summed E-state index contributed by atoms with van der Waals surface area (Å²) in [7, 11) is 0. The molecule has 0 saturated heterocycles. The Kier molecular flexibility index (Phi) is 3.92. The molecule has 0 amide bonds. The maximum absolute atomic E-state index is 5.86. The smallest absolute Gasteiger partial charge is 0.142 e. The van der Waals surface area contributed by atoms with E-state index in [9.17, 15) is 0 Å². The number of hydrogen-bond donors (Lipinski definition) is 1. The van der Waals surface area contributed by atoms with Gasteiger partial charge in [0.15, 0.2) is 0 Å². The van der Waals surface area contributed by atoms with Crippen LogP contribution in [0.3, 0.4) is 0 Å². The third-order valence-corrected chi connectivity index (χ3v) is 4.02. The van der Waals surface area contributed by atoms with Crippen LogP contribution in [0.4, 0.5) is 5.69 Å². The first-order valence-corrected chi connectivity index (χ1v) is 7.54. The molecule has 2 fully saturated rings. The molecule has 0 aromatic heterocycles. The summed E-state index contributed by atoms with van der Waals surface area (Å²) in [6.07, 6.45) is 6.79. The second-order valence-corrected chi connectivity index (χ2v) is 5.91. The van der Waals surface area contributed by atoms with Crippen molar-refractivity contribution in [2.24, 2.45) is 5.92 Å². The van der Waals surface area contributed by atoms with Crippen molar-refractivity contribution in [3.05, 3.63) is 24.3 Å². The molecule has 0 bridgehead atoms. The molecule has 3 nitrogen and oxygen atoms in total. The Bertz CT molecular complexity index is 413. The highest BCUT2D eigenvalue weighted by Crippen LogP contribution is 2.34. The molecule has 0 radical (unpaired) electrons. The number of para-hydroxylation sites is 2. The van der Waals surface area contributed by atoms with Gasteiger partial charge in [-0.25, -0.2) is 0 Å². The molecule has 19 heavy (non-hydrogen) atoms. The summed E-state index contributed by atoms with van der Waals surface area (Å²) in [5, 5.41) is 0. The van der Waals surface area contributed by atoms with E-state index in [1.807, 2.05) is 24.3 Å². The fourth-order valence-corrected chi connectivity index (χ4v) is 2.56. The van der Waals surface area contributed by atoms with Crippen molar-refractivity contribution in [2.45, 2.75) is 38.1 Å². The second-order valence-electron chi connectivity index (χ2n) is 5.91. The van der Waals surface area contributed by atoms with Gasteiger partial charge in [-0.05, 0) is 50.2 Å². The SMILES string of the molecule is Nc1ccccc1OCCCN(CC1CC1)C1CC1. The van der Waals surface area contributed by atoms with Crippen molar-refractivity contribution in [3.8, 4) is 5.75 Å². The molecule has 2 saturated carbocycles. The maximum Gasteiger partial charge on any atom is 0.142 e. The van der Waals surface area contributed by atoms with Gasteiger partial charge in [-0.2, -0.15) is 0 Å². The normalized spacial score (nSPS) is 18.8. The van der Waals surface area contributed by atoms with Crippen LogP contribution in [-0.4, -0.2) is 30.6 Å². The Balaban J connectivity index is 1.38. The van der Waals surface area contributed by atoms with E-state index >= 15 is 0 Å². The number of rotatable bonds is 8. The van der Waals surface area contributed by atoms with Gasteiger partial charge in [0.25, 0.3) is 0 Å². The number of hydrogen-bond acceptors (Lipinski definition) is 3. The van der Waals surface area contributed by atoms with E-state index in [2.05, 4.69) is 4.90 Å². The number of nitrogens with two attached hydrogens (primary N) is 1. The van der Waals surface area contributed by atoms with E-state index in [1.54, 1.807) is 0 Å². The van der Waals surface area contributed by atoms with Crippen molar-refractivity contribution in [2.75, 3.05) is 25.4 Å². The van der Waals surface area contributed by atoms with Gasteiger partial charge in [-0.3, -0.25) is 4.90 Å². The average molecular weight is 260 g/mol. The lowest BCUT2D eigenvalue weighted by Crippen LogP contribution is -2.30. The molecule has 2 aliphatic carbocycles. The lowest BCUT2D eigenvalue weighted by Gasteiger charge is -2.21. The van der Waals surface area contributed by atoms with Gasteiger partial charge in [0.2, 0.25) is 0 Å². The molecule has 0 heterocycles. The zero-order chi connectivity index (χ0) is 13.1. The van der Waals surface area contributed by atoms with Crippen LogP contribution in [0, 0.1) is 5.92 Å². The molecule has 0 aliphatic heterocycles. The zero-order valence-electron chi connectivity index (χ0n) is 11.6. The molecule has 2 aliphatic rings. The van der Waals surface area contributed by atoms with Gasteiger partial charge in [0.05, 0.1) is 12.3 Å². The topological polar surface area (TPSA) is 38.5 Å². The Labute approximate surface area is 115 Å². The van der Waals surface area contributed by atoms with Gasteiger partial charge in [-0.15, -0.1) is 0 Å². The highest BCUT2D eigenvalue weighted by atomic mass is 16.5. The Morgan fingerprint density at radius 1 is 1.16 bits per heavy atom. The lowest BCUT2D eigenvalue weighted by molar-refractivity contribution is 0.220. The Hall–Kier alpha value is -1.22. The molecule has 1 aromatic carbocycles. The van der Waals surface area contributed by atoms with E-state index in [0.29, 0.717) is 0 Å². The first kappa shape index (κ1) is 12.8. The van der Waals surface area contributed by atoms with Crippen LogP contribution >= 0.6 is 0 Å². The molecular formula is C16H24N2O. The molecular weight excluding hydrogens is 236 g/mol. The quantitative estimate of drug-likeness (QED) is 0.577. The molecule has 1 aromatic rings. The van der Waals surface area contributed by atoms with Crippen molar-refractivity contribution < 1.29 is 4.74 Å². The summed E-state index contributed by atoms with van der Waals surface area (Å²) in [6, 6.07) is 8.61. The van der Waals surface area contributed by atoms with E-state index in [1.165, 1.54) is 38.8 Å². The van der Waals surface area contributed by atoms with Crippen LogP contribution in [0.1, 0.15) is 32.1 Å².